The van der Waals surface area contributed by atoms with Gasteiger partial charge in [-0.25, -0.2) is 0 Å². The van der Waals surface area contributed by atoms with Gasteiger partial charge in [0.25, 0.3) is 11.8 Å². The average molecular weight is 494 g/mol. The molecule has 2 saturated heterocycles. The molecule has 0 radical (unpaired) electrons. The highest BCUT2D eigenvalue weighted by atomic mass is 16.3. The Kier molecular flexibility index (Phi) is 6.42. The lowest BCUT2D eigenvalue weighted by Gasteiger charge is -2.45. The summed E-state index contributed by atoms with van der Waals surface area (Å²) < 4.78 is 5.21. The number of piperidine rings is 1. The van der Waals surface area contributed by atoms with Gasteiger partial charge < -0.3 is 24.0 Å². The molecule has 2 fully saturated rings. The third-order valence-electron chi connectivity index (χ3n) is 7.23. The molecule has 1 atom stereocenters. The van der Waals surface area contributed by atoms with Crippen LogP contribution in [0.25, 0.3) is 0 Å². The van der Waals surface area contributed by atoms with Crippen LogP contribution in [0.2, 0.25) is 0 Å². The normalized spacial score (nSPS) is 19.6. The van der Waals surface area contributed by atoms with Gasteiger partial charge in [-0.2, -0.15) is 0 Å². The fraction of sp³-hybridized carbons (Fsp3) is 0.462. The third kappa shape index (κ3) is 4.31. The van der Waals surface area contributed by atoms with Crippen molar-refractivity contribution in [1.82, 2.24) is 14.7 Å². The van der Waals surface area contributed by atoms with Crippen molar-refractivity contribution in [2.45, 2.75) is 25.3 Å². The van der Waals surface area contributed by atoms with Crippen LogP contribution in [0, 0.1) is 0 Å². The Hall–Kier alpha value is -3.82. The summed E-state index contributed by atoms with van der Waals surface area (Å²) in [6.07, 6.45) is 4.18. The molecule has 5 rings (SSSR count). The first kappa shape index (κ1) is 23.9. The molecular weight excluding hydrogens is 462 g/mol. The zero-order valence-electron chi connectivity index (χ0n) is 20.7. The Morgan fingerprint density at radius 3 is 2.42 bits per heavy atom. The summed E-state index contributed by atoms with van der Waals surface area (Å²) in [7, 11) is 3.37. The van der Waals surface area contributed by atoms with Crippen LogP contribution < -0.4 is 9.80 Å². The van der Waals surface area contributed by atoms with Gasteiger partial charge in [-0.05, 0) is 49.6 Å². The average Bonchev–Trinajstić information content (AvgIpc) is 3.45. The number of hydrogen-bond donors (Lipinski definition) is 0. The third-order valence-corrected chi connectivity index (χ3v) is 7.23. The number of furan rings is 1. The van der Waals surface area contributed by atoms with Crippen LogP contribution in [0.4, 0.5) is 11.4 Å². The highest BCUT2D eigenvalue weighted by Gasteiger charge is 2.41. The molecule has 3 aliphatic heterocycles. The second-order valence-corrected chi connectivity index (χ2v) is 9.68. The molecule has 0 unspecified atom stereocenters. The van der Waals surface area contributed by atoms with E-state index >= 15 is 0 Å². The standard InChI is InChI=1S/C26H31N5O5/c1-27(2)24(33)18-8-9-19-21(16-18)31(25(34)20-6-3-4-10-30(19)20)17-23(32)28-11-13-29(14-12-28)26(35)22-7-5-15-36-22/h5,7-9,15-16,20H,3-4,6,10-14,17H2,1-2H3/t20-/m1/s1. The van der Waals surface area contributed by atoms with E-state index in [1.54, 1.807) is 53.1 Å². The van der Waals surface area contributed by atoms with Crippen molar-refractivity contribution in [2.75, 3.05) is 63.2 Å². The van der Waals surface area contributed by atoms with Crippen LogP contribution in [0.15, 0.2) is 41.0 Å². The van der Waals surface area contributed by atoms with Gasteiger partial charge in [0, 0.05) is 52.4 Å². The minimum Gasteiger partial charge on any atom is -0.459 e. The Balaban J connectivity index is 1.34. The highest BCUT2D eigenvalue weighted by Crippen LogP contribution is 2.40. The minimum atomic E-state index is -0.294. The van der Waals surface area contributed by atoms with Crippen molar-refractivity contribution in [3.63, 3.8) is 0 Å². The van der Waals surface area contributed by atoms with Gasteiger partial charge in [0.1, 0.15) is 12.6 Å². The molecule has 1 aromatic carbocycles. The van der Waals surface area contributed by atoms with E-state index in [-0.39, 0.29) is 42.0 Å². The van der Waals surface area contributed by atoms with E-state index in [1.807, 2.05) is 6.07 Å². The summed E-state index contributed by atoms with van der Waals surface area (Å²) in [4.78, 5) is 60.6. The van der Waals surface area contributed by atoms with Crippen molar-refractivity contribution in [3.05, 3.63) is 47.9 Å². The van der Waals surface area contributed by atoms with E-state index in [4.69, 9.17) is 4.42 Å². The predicted octanol–water partition coefficient (Wildman–Crippen LogP) is 1.67. The van der Waals surface area contributed by atoms with E-state index in [1.165, 1.54) is 11.2 Å². The van der Waals surface area contributed by atoms with Gasteiger partial charge in [-0.3, -0.25) is 24.1 Å². The van der Waals surface area contributed by atoms with Gasteiger partial charge in [0.2, 0.25) is 11.8 Å². The SMILES string of the molecule is CN(C)C(=O)c1ccc2c(c1)N(CC(=O)N1CCN(C(=O)c3ccco3)CC1)C(=O)[C@H]1CCCCN21. The van der Waals surface area contributed by atoms with Crippen LogP contribution in [0.5, 0.6) is 0 Å². The fourth-order valence-electron chi connectivity index (χ4n) is 5.26. The van der Waals surface area contributed by atoms with Crippen molar-refractivity contribution >= 4 is 35.0 Å². The first-order valence-electron chi connectivity index (χ1n) is 12.4. The van der Waals surface area contributed by atoms with Crippen molar-refractivity contribution < 1.29 is 23.6 Å². The number of nitrogens with zero attached hydrogens (tertiary/aromatic N) is 5. The first-order valence-corrected chi connectivity index (χ1v) is 12.4. The Morgan fingerprint density at radius 1 is 0.972 bits per heavy atom. The molecule has 1 aromatic heterocycles. The van der Waals surface area contributed by atoms with Crippen molar-refractivity contribution in [1.29, 1.82) is 0 Å². The van der Waals surface area contributed by atoms with Crippen molar-refractivity contribution in [2.24, 2.45) is 0 Å². The van der Waals surface area contributed by atoms with E-state index in [0.717, 1.165) is 31.5 Å². The van der Waals surface area contributed by atoms with Gasteiger partial charge in [-0.15, -0.1) is 0 Å². The second-order valence-electron chi connectivity index (χ2n) is 9.68. The Bertz CT molecular complexity index is 1170. The summed E-state index contributed by atoms with van der Waals surface area (Å²) in [6.45, 7) is 2.24. The fourth-order valence-corrected chi connectivity index (χ4v) is 5.26. The molecular formula is C26H31N5O5. The van der Waals surface area contributed by atoms with E-state index in [9.17, 15) is 19.2 Å². The Labute approximate surface area is 210 Å². The molecule has 4 amide bonds. The number of anilines is 2. The number of amides is 4. The number of carbonyl (C=O) groups is 4. The topological polar surface area (TPSA) is 97.6 Å². The molecule has 10 nitrogen and oxygen atoms in total. The zero-order chi connectivity index (χ0) is 25.4. The number of piperazine rings is 1. The molecule has 0 N–H and O–H groups in total. The molecule has 190 valence electrons. The lowest BCUT2D eigenvalue weighted by atomic mass is 9.95. The number of rotatable bonds is 4. The van der Waals surface area contributed by atoms with Crippen LogP contribution in [0.1, 0.15) is 40.2 Å². The highest BCUT2D eigenvalue weighted by molar-refractivity contribution is 6.10. The second kappa shape index (κ2) is 9.67. The molecule has 0 aliphatic carbocycles. The van der Waals surface area contributed by atoms with Gasteiger partial charge in [0.05, 0.1) is 17.6 Å². The number of benzene rings is 1. The van der Waals surface area contributed by atoms with Crippen LogP contribution >= 0.6 is 0 Å². The summed E-state index contributed by atoms with van der Waals surface area (Å²) in [5.41, 5.74) is 1.96. The van der Waals surface area contributed by atoms with Crippen LogP contribution in [-0.2, 0) is 9.59 Å². The van der Waals surface area contributed by atoms with Gasteiger partial charge in [0.15, 0.2) is 5.76 Å². The smallest absolute Gasteiger partial charge is 0.289 e. The maximum absolute atomic E-state index is 13.6. The molecule has 3 aliphatic rings. The van der Waals surface area contributed by atoms with Crippen LogP contribution in [-0.4, -0.2) is 97.7 Å². The quantitative estimate of drug-likeness (QED) is 0.643. The molecule has 10 heteroatoms. The minimum absolute atomic E-state index is 0.0953. The van der Waals surface area contributed by atoms with Gasteiger partial charge >= 0.3 is 0 Å². The zero-order valence-corrected chi connectivity index (χ0v) is 20.7. The van der Waals surface area contributed by atoms with E-state index < -0.39 is 0 Å². The molecule has 0 bridgehead atoms. The maximum Gasteiger partial charge on any atom is 0.289 e. The van der Waals surface area contributed by atoms with Crippen LogP contribution in [0.3, 0.4) is 0 Å². The summed E-state index contributed by atoms with van der Waals surface area (Å²) >= 11 is 0. The summed E-state index contributed by atoms with van der Waals surface area (Å²) in [5, 5.41) is 0. The molecule has 0 spiro atoms. The van der Waals surface area contributed by atoms with Gasteiger partial charge in [-0.1, -0.05) is 0 Å². The molecule has 0 saturated carbocycles. The first-order chi connectivity index (χ1) is 17.3. The van der Waals surface area contributed by atoms with Crippen molar-refractivity contribution in [3.8, 4) is 0 Å². The summed E-state index contributed by atoms with van der Waals surface area (Å²) in [6, 6.07) is 8.42. The molecule has 2 aromatic rings. The predicted molar refractivity (Wildman–Crippen MR) is 133 cm³/mol. The lowest BCUT2D eigenvalue weighted by Crippen LogP contribution is -2.58. The number of fused-ring (bicyclic) bond motifs is 3. The van der Waals surface area contributed by atoms with E-state index in [2.05, 4.69) is 4.90 Å². The monoisotopic (exact) mass is 493 g/mol. The summed E-state index contributed by atoms with van der Waals surface area (Å²) in [5.74, 6) is -0.340. The lowest BCUT2D eigenvalue weighted by molar-refractivity contribution is -0.133. The number of hydrogen-bond acceptors (Lipinski definition) is 6. The van der Waals surface area contributed by atoms with E-state index in [0.29, 0.717) is 37.4 Å². The number of carbonyl (C=O) groups excluding carboxylic acids is 4. The maximum atomic E-state index is 13.6. The molecule has 36 heavy (non-hydrogen) atoms. The molecule has 4 heterocycles. The largest absolute Gasteiger partial charge is 0.459 e. The Morgan fingerprint density at radius 2 is 1.72 bits per heavy atom.